The van der Waals surface area contributed by atoms with Crippen molar-refractivity contribution >= 4 is 17.5 Å². The molecule has 2 heterocycles. The minimum Gasteiger partial charge on any atom is -0.497 e. The van der Waals surface area contributed by atoms with E-state index >= 15 is 0 Å². The average Bonchev–Trinajstić information content (AvgIpc) is 3.51. The number of benzene rings is 2. The Bertz CT molecular complexity index is 1060. The number of ether oxygens (including phenoxy) is 2. The Morgan fingerprint density at radius 1 is 1.06 bits per heavy atom. The van der Waals surface area contributed by atoms with Crippen LogP contribution >= 0.6 is 0 Å². The molecule has 2 aromatic carbocycles. The smallest absolute Gasteiger partial charge is 0.291 e. The number of carbonyl (C=O) groups is 2. The Labute approximate surface area is 180 Å². The number of amides is 2. The molecule has 1 aliphatic heterocycles. The number of furan rings is 1. The van der Waals surface area contributed by atoms with Gasteiger partial charge in [-0.25, -0.2) is 0 Å². The van der Waals surface area contributed by atoms with E-state index < -0.39 is 0 Å². The van der Waals surface area contributed by atoms with Crippen LogP contribution in [0.3, 0.4) is 0 Å². The van der Waals surface area contributed by atoms with Crippen LogP contribution < -0.4 is 14.8 Å². The van der Waals surface area contributed by atoms with E-state index in [1.807, 2.05) is 23.1 Å². The highest BCUT2D eigenvalue weighted by Crippen LogP contribution is 2.39. The third-order valence-electron chi connectivity index (χ3n) is 5.45. The molecule has 0 unspecified atom stereocenters. The Hall–Kier alpha value is -3.74. The van der Waals surface area contributed by atoms with E-state index in [0.717, 1.165) is 18.4 Å². The van der Waals surface area contributed by atoms with Crippen LogP contribution in [0.4, 0.5) is 5.69 Å². The van der Waals surface area contributed by atoms with Crippen molar-refractivity contribution in [3.8, 4) is 11.5 Å². The van der Waals surface area contributed by atoms with Crippen molar-refractivity contribution < 1.29 is 23.5 Å². The van der Waals surface area contributed by atoms with Crippen molar-refractivity contribution in [2.45, 2.75) is 18.9 Å². The van der Waals surface area contributed by atoms with Gasteiger partial charge in [0.1, 0.15) is 11.5 Å². The summed E-state index contributed by atoms with van der Waals surface area (Å²) in [5, 5.41) is 2.75. The highest BCUT2D eigenvalue weighted by Gasteiger charge is 2.32. The second-order valence-electron chi connectivity index (χ2n) is 7.27. The molecule has 0 saturated carbocycles. The lowest BCUT2D eigenvalue weighted by atomic mass is 10.0. The summed E-state index contributed by atoms with van der Waals surface area (Å²) in [6.45, 7) is 0.676. The molecule has 7 heteroatoms. The lowest BCUT2D eigenvalue weighted by Crippen LogP contribution is -2.30. The van der Waals surface area contributed by atoms with Crippen LogP contribution in [0.2, 0.25) is 0 Å². The van der Waals surface area contributed by atoms with Gasteiger partial charge < -0.3 is 24.1 Å². The predicted molar refractivity (Wildman–Crippen MR) is 116 cm³/mol. The first-order valence-corrected chi connectivity index (χ1v) is 10.1. The molecule has 1 atom stereocenters. The lowest BCUT2D eigenvalue weighted by molar-refractivity contribution is 0.0734. The van der Waals surface area contributed by atoms with E-state index in [9.17, 15) is 9.59 Å². The number of hydrogen-bond acceptors (Lipinski definition) is 5. The summed E-state index contributed by atoms with van der Waals surface area (Å²) in [6, 6.07) is 15.7. The Kier molecular flexibility index (Phi) is 5.93. The van der Waals surface area contributed by atoms with Gasteiger partial charge in [-0.05, 0) is 61.4 Å². The van der Waals surface area contributed by atoms with Crippen molar-refractivity contribution in [2.24, 2.45) is 0 Å². The van der Waals surface area contributed by atoms with Crippen molar-refractivity contribution in [1.82, 2.24) is 4.90 Å². The molecule has 1 aromatic heterocycles. The molecule has 0 aliphatic carbocycles. The quantitative estimate of drug-likeness (QED) is 0.634. The summed E-state index contributed by atoms with van der Waals surface area (Å²) in [7, 11) is 3.23. The van der Waals surface area contributed by atoms with Gasteiger partial charge in [0, 0.05) is 29.4 Å². The van der Waals surface area contributed by atoms with Gasteiger partial charge in [-0.1, -0.05) is 0 Å². The minimum atomic E-state index is -0.338. The van der Waals surface area contributed by atoms with E-state index in [-0.39, 0.29) is 23.6 Å². The van der Waals surface area contributed by atoms with Gasteiger partial charge in [-0.15, -0.1) is 0 Å². The maximum Gasteiger partial charge on any atom is 0.291 e. The predicted octanol–water partition coefficient (Wildman–Crippen LogP) is 4.53. The van der Waals surface area contributed by atoms with Crippen LogP contribution in [0.15, 0.2) is 65.3 Å². The average molecular weight is 420 g/mol. The van der Waals surface area contributed by atoms with Gasteiger partial charge in [0.25, 0.3) is 11.8 Å². The first kappa shape index (κ1) is 20.5. The van der Waals surface area contributed by atoms with E-state index in [1.54, 1.807) is 50.6 Å². The largest absolute Gasteiger partial charge is 0.497 e. The zero-order valence-electron chi connectivity index (χ0n) is 17.5. The zero-order valence-corrected chi connectivity index (χ0v) is 17.5. The normalized spacial score (nSPS) is 15.5. The summed E-state index contributed by atoms with van der Waals surface area (Å²) < 4.78 is 15.9. The van der Waals surface area contributed by atoms with Crippen molar-refractivity contribution in [2.75, 3.05) is 26.1 Å². The van der Waals surface area contributed by atoms with Crippen molar-refractivity contribution in [3.63, 3.8) is 0 Å². The number of nitrogens with one attached hydrogen (secondary N) is 1. The number of anilines is 1. The first-order valence-electron chi connectivity index (χ1n) is 10.1. The molecule has 2 amide bonds. The van der Waals surface area contributed by atoms with Crippen LogP contribution in [-0.2, 0) is 0 Å². The number of rotatable bonds is 6. The van der Waals surface area contributed by atoms with Gasteiger partial charge in [-0.2, -0.15) is 0 Å². The fourth-order valence-corrected chi connectivity index (χ4v) is 3.89. The Balaban J connectivity index is 1.50. The minimum absolute atomic E-state index is 0.0516. The van der Waals surface area contributed by atoms with Crippen LogP contribution in [0.25, 0.3) is 0 Å². The Morgan fingerprint density at radius 3 is 2.55 bits per heavy atom. The van der Waals surface area contributed by atoms with Crippen LogP contribution in [0.5, 0.6) is 11.5 Å². The van der Waals surface area contributed by atoms with Crippen LogP contribution in [0, 0.1) is 0 Å². The first-order chi connectivity index (χ1) is 15.1. The summed E-state index contributed by atoms with van der Waals surface area (Å²) in [5.74, 6) is 1.26. The molecule has 1 fully saturated rings. The summed E-state index contributed by atoms with van der Waals surface area (Å²) in [5.41, 5.74) is 2.12. The van der Waals surface area contributed by atoms with Crippen LogP contribution in [-0.4, -0.2) is 37.5 Å². The van der Waals surface area contributed by atoms with Gasteiger partial charge in [-0.3, -0.25) is 9.59 Å². The number of likely N-dealkylation sites (tertiary alicyclic amines) is 1. The number of carbonyl (C=O) groups excluding carboxylic acids is 2. The molecule has 4 rings (SSSR count). The van der Waals surface area contributed by atoms with Crippen molar-refractivity contribution in [1.29, 1.82) is 0 Å². The topological polar surface area (TPSA) is 81.0 Å². The van der Waals surface area contributed by atoms with E-state index in [2.05, 4.69) is 5.32 Å². The van der Waals surface area contributed by atoms with E-state index in [1.165, 1.54) is 6.26 Å². The zero-order chi connectivity index (χ0) is 21.8. The van der Waals surface area contributed by atoms with Gasteiger partial charge in [0.05, 0.1) is 26.5 Å². The monoisotopic (exact) mass is 420 g/mol. The molecular formula is C24H24N2O5. The third-order valence-corrected chi connectivity index (χ3v) is 5.45. The molecule has 0 bridgehead atoms. The summed E-state index contributed by atoms with van der Waals surface area (Å²) in [4.78, 5) is 27.2. The Morgan fingerprint density at radius 2 is 1.87 bits per heavy atom. The number of methoxy groups -OCH3 is 2. The molecule has 0 radical (unpaired) electrons. The maximum atomic E-state index is 13.2. The molecule has 7 nitrogen and oxygen atoms in total. The number of hydrogen-bond donors (Lipinski definition) is 1. The second-order valence-corrected chi connectivity index (χ2v) is 7.27. The lowest BCUT2D eigenvalue weighted by Gasteiger charge is -2.26. The van der Waals surface area contributed by atoms with E-state index in [0.29, 0.717) is 29.3 Å². The molecule has 0 spiro atoms. The highest BCUT2D eigenvalue weighted by molar-refractivity contribution is 6.02. The number of nitrogens with zero attached hydrogens (tertiary/aromatic N) is 1. The molecule has 1 saturated heterocycles. The fraction of sp³-hybridized carbons (Fsp3) is 0.250. The van der Waals surface area contributed by atoms with Gasteiger partial charge in [0.2, 0.25) is 0 Å². The van der Waals surface area contributed by atoms with Gasteiger partial charge in [0.15, 0.2) is 5.76 Å². The highest BCUT2D eigenvalue weighted by atomic mass is 16.5. The molecule has 31 heavy (non-hydrogen) atoms. The molecule has 1 aliphatic rings. The maximum absolute atomic E-state index is 13.2. The molecule has 1 N–H and O–H groups in total. The molecular weight excluding hydrogens is 396 g/mol. The molecule has 160 valence electrons. The second kappa shape index (κ2) is 8.95. The molecule has 3 aromatic rings. The third kappa shape index (κ3) is 4.26. The van der Waals surface area contributed by atoms with Gasteiger partial charge >= 0.3 is 0 Å². The standard InChI is InChI=1S/C24H24N2O5/c1-29-18-11-12-19(22(15-18)30-2)20-5-3-13-26(20)24(28)16-7-9-17(10-8-16)25-23(27)21-6-4-14-31-21/h4,6-12,14-15,20H,3,5,13H2,1-2H3,(H,25,27)/t20-/m1/s1. The van der Waals surface area contributed by atoms with Crippen LogP contribution in [0.1, 0.15) is 45.4 Å². The summed E-state index contributed by atoms with van der Waals surface area (Å²) in [6.07, 6.45) is 3.23. The van der Waals surface area contributed by atoms with Crippen molar-refractivity contribution in [3.05, 3.63) is 77.7 Å². The SMILES string of the molecule is COc1ccc([C@H]2CCCN2C(=O)c2ccc(NC(=O)c3ccco3)cc2)c(OC)c1. The summed E-state index contributed by atoms with van der Waals surface area (Å²) >= 11 is 0. The van der Waals surface area contributed by atoms with E-state index in [4.69, 9.17) is 13.9 Å². The fourth-order valence-electron chi connectivity index (χ4n) is 3.89.